The fourth-order valence-electron chi connectivity index (χ4n) is 3.77. The summed E-state index contributed by atoms with van der Waals surface area (Å²) in [6.07, 6.45) is 11.0. The lowest BCUT2D eigenvalue weighted by Gasteiger charge is -2.38. The topological polar surface area (TPSA) is 26.0 Å². The Bertz CT molecular complexity index is 205. The Morgan fingerprint density at radius 3 is 2.33 bits per heavy atom. The number of nitrogens with two attached hydrogens (primary N) is 1. The van der Waals surface area contributed by atoms with E-state index in [0.717, 1.165) is 17.8 Å². The van der Waals surface area contributed by atoms with Crippen molar-refractivity contribution in [3.8, 4) is 0 Å². The van der Waals surface area contributed by atoms with Crippen molar-refractivity contribution in [3.63, 3.8) is 0 Å². The van der Waals surface area contributed by atoms with Crippen molar-refractivity contribution < 1.29 is 0 Å². The fourth-order valence-corrected chi connectivity index (χ4v) is 3.77. The van der Waals surface area contributed by atoms with E-state index in [-0.39, 0.29) is 5.54 Å². The summed E-state index contributed by atoms with van der Waals surface area (Å²) in [6, 6.07) is 0. The third-order valence-corrected chi connectivity index (χ3v) is 5.09. The molecule has 2 aliphatic carbocycles. The Balaban J connectivity index is 1.92. The zero-order chi connectivity index (χ0) is 10.9. The maximum Gasteiger partial charge on any atom is 0.0185 e. The summed E-state index contributed by atoms with van der Waals surface area (Å²) >= 11 is 0. The van der Waals surface area contributed by atoms with Crippen molar-refractivity contribution in [2.45, 2.75) is 70.8 Å². The Morgan fingerprint density at radius 1 is 1.13 bits per heavy atom. The van der Waals surface area contributed by atoms with Crippen molar-refractivity contribution in [1.82, 2.24) is 0 Å². The van der Waals surface area contributed by atoms with Gasteiger partial charge in [-0.05, 0) is 49.9 Å². The minimum Gasteiger partial charge on any atom is -0.325 e. The number of hydrogen-bond acceptors (Lipinski definition) is 1. The molecule has 0 aromatic carbocycles. The summed E-state index contributed by atoms with van der Waals surface area (Å²) in [5.74, 6) is 2.72. The van der Waals surface area contributed by atoms with Crippen LogP contribution in [0.5, 0.6) is 0 Å². The largest absolute Gasteiger partial charge is 0.325 e. The lowest BCUT2D eigenvalue weighted by atomic mass is 9.71. The van der Waals surface area contributed by atoms with Gasteiger partial charge < -0.3 is 5.73 Å². The van der Waals surface area contributed by atoms with Crippen LogP contribution < -0.4 is 5.73 Å². The van der Waals surface area contributed by atoms with Gasteiger partial charge in [0.1, 0.15) is 0 Å². The van der Waals surface area contributed by atoms with E-state index in [1.54, 1.807) is 0 Å². The summed E-state index contributed by atoms with van der Waals surface area (Å²) in [7, 11) is 0. The molecule has 1 nitrogen and oxygen atoms in total. The Kier molecular flexibility index (Phi) is 3.39. The van der Waals surface area contributed by atoms with Gasteiger partial charge in [0.25, 0.3) is 0 Å². The maximum atomic E-state index is 6.65. The quantitative estimate of drug-likeness (QED) is 0.737. The van der Waals surface area contributed by atoms with E-state index in [1.807, 2.05) is 0 Å². The van der Waals surface area contributed by atoms with Crippen molar-refractivity contribution in [2.75, 3.05) is 0 Å². The van der Waals surface area contributed by atoms with Gasteiger partial charge in [0, 0.05) is 5.54 Å². The maximum absolute atomic E-state index is 6.65. The standard InChI is InChI=1S/C14H27N/c1-3-12-8-9-14(15,10-12)13-6-4-11(2)5-7-13/h11-13H,3-10,15H2,1-2H3. The molecule has 2 fully saturated rings. The molecule has 2 saturated carbocycles. The third kappa shape index (κ3) is 2.38. The van der Waals surface area contributed by atoms with Crippen LogP contribution in [-0.2, 0) is 0 Å². The molecule has 0 heterocycles. The molecular weight excluding hydrogens is 182 g/mol. The molecule has 0 aliphatic heterocycles. The number of hydrogen-bond donors (Lipinski definition) is 1. The molecule has 0 spiro atoms. The second-order valence-corrected chi connectivity index (χ2v) is 6.21. The predicted molar refractivity (Wildman–Crippen MR) is 65.7 cm³/mol. The average Bonchev–Trinajstić information content (AvgIpc) is 2.62. The van der Waals surface area contributed by atoms with Gasteiger partial charge in [-0.25, -0.2) is 0 Å². The highest BCUT2D eigenvalue weighted by molar-refractivity contribution is 4.99. The minimum absolute atomic E-state index is 0.223. The Morgan fingerprint density at radius 2 is 1.80 bits per heavy atom. The second kappa shape index (κ2) is 4.45. The van der Waals surface area contributed by atoms with Crippen molar-refractivity contribution in [2.24, 2.45) is 23.5 Å². The van der Waals surface area contributed by atoms with Gasteiger partial charge in [0.15, 0.2) is 0 Å². The van der Waals surface area contributed by atoms with Crippen LogP contribution in [-0.4, -0.2) is 5.54 Å². The predicted octanol–water partition coefficient (Wildman–Crippen LogP) is 3.72. The normalized spacial score (nSPS) is 47.0. The van der Waals surface area contributed by atoms with Gasteiger partial charge in [0.2, 0.25) is 0 Å². The van der Waals surface area contributed by atoms with Crippen LogP contribution >= 0.6 is 0 Å². The van der Waals surface area contributed by atoms with E-state index in [9.17, 15) is 0 Å². The molecule has 2 N–H and O–H groups in total. The molecule has 0 aromatic rings. The molecule has 0 radical (unpaired) electrons. The molecule has 0 bridgehead atoms. The van der Waals surface area contributed by atoms with E-state index in [2.05, 4.69) is 13.8 Å². The summed E-state index contributed by atoms with van der Waals surface area (Å²) in [5, 5.41) is 0. The van der Waals surface area contributed by atoms with Crippen LogP contribution in [0.25, 0.3) is 0 Å². The first kappa shape index (κ1) is 11.4. The van der Waals surface area contributed by atoms with Crippen molar-refractivity contribution >= 4 is 0 Å². The molecule has 0 saturated heterocycles. The lowest BCUT2D eigenvalue weighted by molar-refractivity contribution is 0.177. The van der Waals surface area contributed by atoms with Gasteiger partial charge in [-0.2, -0.15) is 0 Å². The average molecular weight is 209 g/mol. The van der Waals surface area contributed by atoms with Crippen LogP contribution in [0.15, 0.2) is 0 Å². The molecule has 15 heavy (non-hydrogen) atoms. The lowest BCUT2D eigenvalue weighted by Crippen LogP contribution is -2.46. The van der Waals surface area contributed by atoms with Crippen LogP contribution in [0, 0.1) is 17.8 Å². The first-order valence-electron chi connectivity index (χ1n) is 6.93. The summed E-state index contributed by atoms with van der Waals surface area (Å²) in [5.41, 5.74) is 6.87. The van der Waals surface area contributed by atoms with Crippen molar-refractivity contribution in [1.29, 1.82) is 0 Å². The zero-order valence-electron chi connectivity index (χ0n) is 10.5. The molecule has 2 unspecified atom stereocenters. The smallest absolute Gasteiger partial charge is 0.0185 e. The van der Waals surface area contributed by atoms with Crippen LogP contribution in [0.2, 0.25) is 0 Å². The van der Waals surface area contributed by atoms with E-state index in [1.165, 1.54) is 51.4 Å². The van der Waals surface area contributed by atoms with E-state index >= 15 is 0 Å². The van der Waals surface area contributed by atoms with Gasteiger partial charge in [0.05, 0.1) is 0 Å². The monoisotopic (exact) mass is 209 g/mol. The fraction of sp³-hybridized carbons (Fsp3) is 1.00. The van der Waals surface area contributed by atoms with Gasteiger partial charge in [-0.3, -0.25) is 0 Å². The molecule has 2 atom stereocenters. The SMILES string of the molecule is CCC1CCC(N)(C2CCC(C)CC2)C1. The highest BCUT2D eigenvalue weighted by Crippen LogP contribution is 2.45. The zero-order valence-corrected chi connectivity index (χ0v) is 10.5. The van der Waals surface area contributed by atoms with Crippen LogP contribution in [0.1, 0.15) is 65.2 Å². The summed E-state index contributed by atoms with van der Waals surface area (Å²) in [6.45, 7) is 4.71. The van der Waals surface area contributed by atoms with E-state index in [4.69, 9.17) is 5.73 Å². The first-order valence-corrected chi connectivity index (χ1v) is 6.93. The molecule has 0 amide bonds. The van der Waals surface area contributed by atoms with Crippen molar-refractivity contribution in [3.05, 3.63) is 0 Å². The molecule has 1 heteroatoms. The Hall–Kier alpha value is -0.0400. The van der Waals surface area contributed by atoms with Crippen LogP contribution in [0.3, 0.4) is 0 Å². The number of rotatable bonds is 2. The molecule has 2 rings (SSSR count). The second-order valence-electron chi connectivity index (χ2n) is 6.21. The molecule has 2 aliphatic rings. The summed E-state index contributed by atoms with van der Waals surface area (Å²) < 4.78 is 0. The summed E-state index contributed by atoms with van der Waals surface area (Å²) in [4.78, 5) is 0. The molecule has 0 aromatic heterocycles. The van der Waals surface area contributed by atoms with E-state index < -0.39 is 0 Å². The van der Waals surface area contributed by atoms with Crippen LogP contribution in [0.4, 0.5) is 0 Å². The Labute approximate surface area is 94.8 Å². The third-order valence-electron chi connectivity index (χ3n) is 5.09. The molecular formula is C14H27N. The molecule has 88 valence electrons. The van der Waals surface area contributed by atoms with Gasteiger partial charge in [-0.15, -0.1) is 0 Å². The highest BCUT2D eigenvalue weighted by Gasteiger charge is 2.41. The van der Waals surface area contributed by atoms with Gasteiger partial charge in [-0.1, -0.05) is 33.1 Å². The van der Waals surface area contributed by atoms with E-state index in [0.29, 0.717) is 0 Å². The van der Waals surface area contributed by atoms with Gasteiger partial charge >= 0.3 is 0 Å². The minimum atomic E-state index is 0.223. The first-order chi connectivity index (χ1) is 7.14. The highest BCUT2D eigenvalue weighted by atomic mass is 14.8.